The summed E-state index contributed by atoms with van der Waals surface area (Å²) in [5.41, 5.74) is 6.67. The minimum absolute atomic E-state index is 0.162. The molecule has 0 unspecified atom stereocenters. The zero-order valence-corrected chi connectivity index (χ0v) is 17.1. The van der Waals surface area contributed by atoms with Crippen LogP contribution < -0.4 is 15.8 Å². The number of nitrogens with one attached hydrogen (secondary N) is 1. The van der Waals surface area contributed by atoms with E-state index in [1.807, 2.05) is 0 Å². The van der Waals surface area contributed by atoms with E-state index >= 15 is 0 Å². The van der Waals surface area contributed by atoms with Gasteiger partial charge in [0.1, 0.15) is 17.3 Å². The highest BCUT2D eigenvalue weighted by molar-refractivity contribution is 7.19. The Balaban J connectivity index is 1.47. The van der Waals surface area contributed by atoms with Gasteiger partial charge in [-0.15, -0.1) is 11.3 Å². The molecule has 0 aromatic carbocycles. The van der Waals surface area contributed by atoms with Crippen LogP contribution in [0.15, 0.2) is 6.33 Å². The summed E-state index contributed by atoms with van der Waals surface area (Å²) >= 11 is 1.70. The number of methoxy groups -OCH3 is 1. The van der Waals surface area contributed by atoms with E-state index in [1.165, 1.54) is 10.4 Å². The molecule has 0 radical (unpaired) electrons. The SMILES string of the molecule is COCCNC1CCC(Oc2ncnc3sc4c(c23)[C@@H](CC(N)=O)CC4)CC1. The summed E-state index contributed by atoms with van der Waals surface area (Å²) in [6.45, 7) is 1.63. The maximum atomic E-state index is 11.5. The smallest absolute Gasteiger partial charge is 0.225 e. The van der Waals surface area contributed by atoms with Crippen molar-refractivity contribution in [3.05, 3.63) is 16.8 Å². The van der Waals surface area contributed by atoms with E-state index in [-0.39, 0.29) is 17.9 Å². The number of aryl methyl sites for hydroxylation is 1. The molecule has 0 aliphatic heterocycles. The van der Waals surface area contributed by atoms with Crippen molar-refractivity contribution >= 4 is 27.5 Å². The number of carbonyl (C=O) groups excluding carboxylic acids is 1. The van der Waals surface area contributed by atoms with Crippen LogP contribution in [0, 0.1) is 0 Å². The van der Waals surface area contributed by atoms with Crippen molar-refractivity contribution in [1.29, 1.82) is 0 Å². The average molecular weight is 405 g/mol. The van der Waals surface area contributed by atoms with E-state index < -0.39 is 0 Å². The minimum atomic E-state index is -0.254. The fourth-order valence-corrected chi connectivity index (χ4v) is 5.72. The number of amides is 1. The second-order valence-corrected chi connectivity index (χ2v) is 8.83. The third-order valence-corrected chi connectivity index (χ3v) is 7.01. The van der Waals surface area contributed by atoms with Crippen molar-refractivity contribution in [2.24, 2.45) is 5.73 Å². The maximum absolute atomic E-state index is 11.5. The number of fused-ring (bicyclic) bond motifs is 3. The molecule has 1 fully saturated rings. The molecule has 1 amide bonds. The van der Waals surface area contributed by atoms with E-state index in [2.05, 4.69) is 15.3 Å². The van der Waals surface area contributed by atoms with Crippen LogP contribution in [-0.2, 0) is 16.0 Å². The van der Waals surface area contributed by atoms with Crippen molar-refractivity contribution in [2.75, 3.05) is 20.3 Å². The van der Waals surface area contributed by atoms with Gasteiger partial charge in [0.15, 0.2) is 0 Å². The summed E-state index contributed by atoms with van der Waals surface area (Å²) in [5.74, 6) is 0.584. The van der Waals surface area contributed by atoms with Gasteiger partial charge in [-0.3, -0.25) is 4.79 Å². The summed E-state index contributed by atoms with van der Waals surface area (Å²) < 4.78 is 11.5. The van der Waals surface area contributed by atoms with Gasteiger partial charge in [-0.1, -0.05) is 0 Å². The van der Waals surface area contributed by atoms with E-state index in [1.54, 1.807) is 24.8 Å². The van der Waals surface area contributed by atoms with Gasteiger partial charge in [-0.05, 0) is 50.0 Å². The van der Waals surface area contributed by atoms with E-state index in [4.69, 9.17) is 15.2 Å². The molecule has 2 aliphatic carbocycles. The van der Waals surface area contributed by atoms with Gasteiger partial charge in [0.05, 0.1) is 12.0 Å². The molecule has 0 bridgehead atoms. The molecule has 1 atom stereocenters. The predicted molar refractivity (Wildman–Crippen MR) is 109 cm³/mol. The van der Waals surface area contributed by atoms with E-state index in [9.17, 15) is 4.79 Å². The second-order valence-electron chi connectivity index (χ2n) is 7.74. The third-order valence-electron chi connectivity index (χ3n) is 5.83. The first-order chi connectivity index (χ1) is 13.7. The number of rotatable bonds is 8. The molecule has 3 N–H and O–H groups in total. The molecule has 0 saturated heterocycles. The normalized spacial score (nSPS) is 24.4. The zero-order chi connectivity index (χ0) is 19.5. The van der Waals surface area contributed by atoms with Crippen LogP contribution >= 0.6 is 11.3 Å². The first kappa shape index (κ1) is 19.5. The van der Waals surface area contributed by atoms with Crippen LogP contribution in [0.2, 0.25) is 0 Å². The monoisotopic (exact) mass is 404 g/mol. The number of thiophene rings is 1. The molecular weight excluding hydrogens is 376 g/mol. The van der Waals surface area contributed by atoms with Gasteiger partial charge < -0.3 is 20.5 Å². The van der Waals surface area contributed by atoms with Crippen LogP contribution in [0.5, 0.6) is 5.88 Å². The molecule has 2 aromatic heterocycles. The van der Waals surface area contributed by atoms with E-state index in [0.29, 0.717) is 18.3 Å². The lowest BCUT2D eigenvalue weighted by Gasteiger charge is -2.29. The Morgan fingerprint density at radius 2 is 2.11 bits per heavy atom. The fourth-order valence-electron chi connectivity index (χ4n) is 4.48. The molecule has 2 heterocycles. The van der Waals surface area contributed by atoms with Crippen LogP contribution in [0.4, 0.5) is 0 Å². The Morgan fingerprint density at radius 3 is 2.86 bits per heavy atom. The highest BCUT2D eigenvalue weighted by Crippen LogP contribution is 2.47. The number of ether oxygens (including phenoxy) is 2. The van der Waals surface area contributed by atoms with Crippen LogP contribution in [-0.4, -0.2) is 48.3 Å². The number of nitrogens with two attached hydrogens (primary N) is 1. The molecule has 2 aromatic rings. The van der Waals surface area contributed by atoms with Gasteiger partial charge in [0.2, 0.25) is 11.8 Å². The summed E-state index contributed by atoms with van der Waals surface area (Å²) in [5, 5.41) is 4.55. The number of aromatic nitrogens is 2. The van der Waals surface area contributed by atoms with Crippen molar-refractivity contribution in [3.63, 3.8) is 0 Å². The molecule has 0 spiro atoms. The Morgan fingerprint density at radius 1 is 1.29 bits per heavy atom. The van der Waals surface area contributed by atoms with Gasteiger partial charge >= 0.3 is 0 Å². The van der Waals surface area contributed by atoms with Crippen LogP contribution in [0.1, 0.15) is 54.9 Å². The molecule has 28 heavy (non-hydrogen) atoms. The van der Waals surface area contributed by atoms with Crippen LogP contribution in [0.3, 0.4) is 0 Å². The number of hydrogen-bond donors (Lipinski definition) is 2. The fraction of sp³-hybridized carbons (Fsp3) is 0.650. The molecule has 4 rings (SSSR count). The summed E-state index contributed by atoms with van der Waals surface area (Å²) in [6.07, 6.45) is 8.28. The van der Waals surface area contributed by atoms with Gasteiger partial charge in [-0.25, -0.2) is 9.97 Å². The van der Waals surface area contributed by atoms with Gasteiger partial charge in [-0.2, -0.15) is 0 Å². The van der Waals surface area contributed by atoms with Gasteiger partial charge in [0, 0.05) is 31.0 Å². The maximum Gasteiger partial charge on any atom is 0.225 e. The number of primary amides is 1. The molecule has 2 aliphatic rings. The molecule has 7 nitrogen and oxygen atoms in total. The Kier molecular flexibility index (Phi) is 6.08. The number of nitrogens with zero attached hydrogens (tertiary/aromatic N) is 2. The number of carbonyl (C=O) groups is 1. The standard InChI is InChI=1S/C20H28N4O3S/c1-26-9-8-22-13-3-5-14(6-4-13)27-19-18-17-12(10-16(21)25)2-7-15(17)28-20(18)24-11-23-19/h11-14,22H,2-10H2,1H3,(H2,21,25)/t12-,13?,14?/m1/s1. The summed E-state index contributed by atoms with van der Waals surface area (Å²) in [4.78, 5) is 22.7. The lowest BCUT2D eigenvalue weighted by Crippen LogP contribution is -2.37. The second kappa shape index (κ2) is 8.71. The number of hydrogen-bond acceptors (Lipinski definition) is 7. The van der Waals surface area contributed by atoms with Crippen molar-refractivity contribution in [2.45, 2.75) is 63.0 Å². The van der Waals surface area contributed by atoms with Crippen molar-refractivity contribution in [3.8, 4) is 5.88 Å². The van der Waals surface area contributed by atoms with Crippen LogP contribution in [0.25, 0.3) is 10.2 Å². The highest BCUT2D eigenvalue weighted by Gasteiger charge is 2.32. The van der Waals surface area contributed by atoms with Gasteiger partial charge in [0.25, 0.3) is 0 Å². The Hall–Kier alpha value is -1.77. The molecular formula is C20H28N4O3S. The highest BCUT2D eigenvalue weighted by atomic mass is 32.1. The lowest BCUT2D eigenvalue weighted by molar-refractivity contribution is -0.118. The minimum Gasteiger partial charge on any atom is -0.474 e. The first-order valence-electron chi connectivity index (χ1n) is 10.1. The average Bonchev–Trinajstić information content (AvgIpc) is 3.23. The lowest BCUT2D eigenvalue weighted by atomic mass is 9.93. The summed E-state index contributed by atoms with van der Waals surface area (Å²) in [7, 11) is 1.73. The largest absolute Gasteiger partial charge is 0.474 e. The quantitative estimate of drug-likeness (QED) is 0.656. The molecule has 8 heteroatoms. The predicted octanol–water partition coefficient (Wildman–Crippen LogP) is 2.52. The Bertz CT molecular complexity index is 832. The third kappa shape index (κ3) is 4.14. The van der Waals surface area contributed by atoms with Crippen molar-refractivity contribution in [1.82, 2.24) is 15.3 Å². The first-order valence-corrected chi connectivity index (χ1v) is 10.9. The van der Waals surface area contributed by atoms with Crippen molar-refractivity contribution < 1.29 is 14.3 Å². The zero-order valence-electron chi connectivity index (χ0n) is 16.3. The molecule has 152 valence electrons. The topological polar surface area (TPSA) is 99.4 Å². The van der Waals surface area contributed by atoms with E-state index in [0.717, 1.165) is 61.9 Å². The Labute approximate surface area is 169 Å². The molecule has 1 saturated carbocycles. The summed E-state index contributed by atoms with van der Waals surface area (Å²) in [6, 6.07) is 0.533.